The van der Waals surface area contributed by atoms with Crippen LogP contribution in [0.4, 0.5) is 8.78 Å². The minimum absolute atomic E-state index is 0.159. The van der Waals surface area contributed by atoms with Gasteiger partial charge in [0.1, 0.15) is 11.6 Å². The van der Waals surface area contributed by atoms with E-state index in [1.807, 2.05) is 0 Å². The molecule has 0 aromatic heterocycles. The van der Waals surface area contributed by atoms with Crippen molar-refractivity contribution in [2.45, 2.75) is 53.1 Å². The Balaban J connectivity index is 3.03. The van der Waals surface area contributed by atoms with E-state index in [-0.39, 0.29) is 5.56 Å². The Morgan fingerprint density at radius 2 is 1.75 bits per heavy atom. The van der Waals surface area contributed by atoms with Gasteiger partial charge in [-0.05, 0) is 46.8 Å². The van der Waals surface area contributed by atoms with Crippen LogP contribution in [-0.2, 0) is 6.54 Å². The monoisotopic (exact) mass is 347 g/mol. The molecule has 0 amide bonds. The summed E-state index contributed by atoms with van der Waals surface area (Å²) in [7, 11) is 0. The van der Waals surface area contributed by atoms with Crippen molar-refractivity contribution >= 4 is 15.9 Å². The molecular weight excluding hydrogens is 324 g/mol. The summed E-state index contributed by atoms with van der Waals surface area (Å²) in [5.41, 5.74) is 0.159. The molecule has 4 heteroatoms. The van der Waals surface area contributed by atoms with Crippen LogP contribution < -0.4 is 0 Å². The molecule has 0 aliphatic carbocycles. The maximum Gasteiger partial charge on any atom is 0.144 e. The lowest BCUT2D eigenvalue weighted by Gasteiger charge is -2.32. The summed E-state index contributed by atoms with van der Waals surface area (Å²) in [4.78, 5) is 2.19. The molecule has 0 aliphatic rings. The van der Waals surface area contributed by atoms with Gasteiger partial charge in [-0.3, -0.25) is 4.90 Å². The third-order valence-corrected chi connectivity index (χ3v) is 4.17. The van der Waals surface area contributed by atoms with Crippen LogP contribution in [0, 0.1) is 17.6 Å². The first-order valence-corrected chi connectivity index (χ1v) is 8.06. The molecule has 0 saturated heterocycles. The van der Waals surface area contributed by atoms with E-state index >= 15 is 0 Å². The van der Waals surface area contributed by atoms with E-state index in [2.05, 4.69) is 48.5 Å². The van der Waals surface area contributed by atoms with Crippen molar-refractivity contribution in [1.29, 1.82) is 0 Å². The number of benzene rings is 1. The molecule has 0 N–H and O–H groups in total. The zero-order chi connectivity index (χ0) is 15.3. The van der Waals surface area contributed by atoms with Gasteiger partial charge in [0.2, 0.25) is 0 Å². The van der Waals surface area contributed by atoms with Crippen molar-refractivity contribution in [2.75, 3.05) is 6.54 Å². The van der Waals surface area contributed by atoms with E-state index in [0.717, 1.165) is 19.4 Å². The Labute approximate surface area is 129 Å². The number of hydrogen-bond donors (Lipinski definition) is 0. The summed E-state index contributed by atoms with van der Waals surface area (Å²) < 4.78 is 28.4. The molecule has 0 heterocycles. The average Bonchev–Trinajstić information content (AvgIpc) is 2.39. The van der Waals surface area contributed by atoms with E-state index in [4.69, 9.17) is 0 Å². The molecule has 0 aliphatic heterocycles. The van der Waals surface area contributed by atoms with Crippen LogP contribution in [0.25, 0.3) is 0 Å². The first kappa shape index (κ1) is 17.6. The predicted molar refractivity (Wildman–Crippen MR) is 83.7 cm³/mol. The third kappa shape index (κ3) is 4.52. The Bertz CT molecular complexity index is 431. The molecule has 0 unspecified atom stereocenters. The maximum absolute atomic E-state index is 14.1. The van der Waals surface area contributed by atoms with E-state index in [1.54, 1.807) is 0 Å². The lowest BCUT2D eigenvalue weighted by atomic mass is 10.1. The molecule has 1 nitrogen and oxygen atoms in total. The molecule has 1 aromatic rings. The van der Waals surface area contributed by atoms with Gasteiger partial charge in [-0.15, -0.1) is 0 Å². The Morgan fingerprint density at radius 1 is 1.15 bits per heavy atom. The van der Waals surface area contributed by atoms with E-state index in [1.165, 1.54) is 12.1 Å². The van der Waals surface area contributed by atoms with Crippen LogP contribution >= 0.6 is 15.9 Å². The van der Waals surface area contributed by atoms with Gasteiger partial charge in [0, 0.05) is 24.7 Å². The van der Waals surface area contributed by atoms with Crippen LogP contribution in [0.1, 0.15) is 46.1 Å². The number of halogens is 3. The largest absolute Gasteiger partial charge is 0.296 e. The molecule has 0 spiro atoms. The lowest BCUT2D eigenvalue weighted by Crippen LogP contribution is -2.37. The predicted octanol–water partition coefficient (Wildman–Crippen LogP) is 5.37. The Morgan fingerprint density at radius 3 is 2.25 bits per heavy atom. The van der Waals surface area contributed by atoms with Gasteiger partial charge in [-0.25, -0.2) is 8.78 Å². The van der Waals surface area contributed by atoms with Gasteiger partial charge < -0.3 is 0 Å². The van der Waals surface area contributed by atoms with Crippen LogP contribution in [0.2, 0.25) is 0 Å². The fraction of sp³-hybridized carbons (Fsp3) is 0.625. The average molecular weight is 348 g/mol. The second-order valence-electron chi connectivity index (χ2n) is 5.62. The van der Waals surface area contributed by atoms with Crippen LogP contribution in [-0.4, -0.2) is 17.5 Å². The molecule has 114 valence electrons. The topological polar surface area (TPSA) is 3.24 Å². The first-order chi connectivity index (χ1) is 9.40. The number of rotatable bonds is 7. The van der Waals surface area contributed by atoms with Crippen molar-refractivity contribution in [3.05, 3.63) is 33.8 Å². The number of nitrogens with zero attached hydrogens (tertiary/aromatic N) is 1. The normalized spacial score (nSPS) is 11.9. The van der Waals surface area contributed by atoms with Crippen LogP contribution in [0.3, 0.4) is 0 Å². The Hall–Kier alpha value is -0.480. The van der Waals surface area contributed by atoms with E-state index < -0.39 is 11.6 Å². The van der Waals surface area contributed by atoms with E-state index in [9.17, 15) is 8.78 Å². The van der Waals surface area contributed by atoms with Crippen molar-refractivity contribution < 1.29 is 8.78 Å². The van der Waals surface area contributed by atoms with Gasteiger partial charge in [0.05, 0.1) is 4.47 Å². The maximum atomic E-state index is 14.1. The van der Waals surface area contributed by atoms with Crippen LogP contribution in [0.15, 0.2) is 16.6 Å². The highest BCUT2D eigenvalue weighted by Gasteiger charge is 2.21. The third-order valence-electron chi connectivity index (χ3n) is 3.56. The highest BCUT2D eigenvalue weighted by Crippen LogP contribution is 2.25. The number of hydrogen-bond acceptors (Lipinski definition) is 1. The van der Waals surface area contributed by atoms with Crippen LogP contribution in [0.5, 0.6) is 0 Å². The summed E-state index contributed by atoms with van der Waals surface area (Å²) in [6.07, 6.45) is 1.97. The Kier molecular flexibility index (Phi) is 7.10. The smallest absolute Gasteiger partial charge is 0.144 e. The SMILES string of the molecule is CCC(CC)N(Cc1c(F)ccc(Br)c1F)CC(C)C. The lowest BCUT2D eigenvalue weighted by molar-refractivity contribution is 0.153. The fourth-order valence-corrected chi connectivity index (χ4v) is 2.91. The van der Waals surface area contributed by atoms with Crippen molar-refractivity contribution in [2.24, 2.45) is 5.92 Å². The summed E-state index contributed by atoms with van der Waals surface area (Å²) >= 11 is 3.13. The quantitative estimate of drug-likeness (QED) is 0.599. The summed E-state index contributed by atoms with van der Waals surface area (Å²) in [5, 5.41) is 0. The molecule has 1 rings (SSSR count). The summed E-state index contributed by atoms with van der Waals surface area (Å²) in [6.45, 7) is 9.66. The second kappa shape index (κ2) is 8.08. The molecular formula is C16H24BrF2N. The van der Waals surface area contributed by atoms with E-state index in [0.29, 0.717) is 23.0 Å². The van der Waals surface area contributed by atoms with Gasteiger partial charge >= 0.3 is 0 Å². The molecule has 0 atom stereocenters. The fourth-order valence-electron chi connectivity index (χ4n) is 2.53. The summed E-state index contributed by atoms with van der Waals surface area (Å²) in [6, 6.07) is 3.09. The minimum atomic E-state index is -0.482. The molecule has 0 radical (unpaired) electrons. The zero-order valence-corrected chi connectivity index (χ0v) is 14.3. The summed E-state index contributed by atoms with van der Waals surface area (Å²) in [5.74, 6) is -0.482. The van der Waals surface area contributed by atoms with Gasteiger partial charge in [-0.1, -0.05) is 27.7 Å². The van der Waals surface area contributed by atoms with Crippen molar-refractivity contribution in [3.8, 4) is 0 Å². The first-order valence-electron chi connectivity index (χ1n) is 7.27. The second-order valence-corrected chi connectivity index (χ2v) is 6.47. The molecule has 0 bridgehead atoms. The van der Waals surface area contributed by atoms with Crippen molar-refractivity contribution in [1.82, 2.24) is 4.90 Å². The molecule has 0 fully saturated rings. The van der Waals surface area contributed by atoms with Gasteiger partial charge in [0.15, 0.2) is 0 Å². The molecule has 20 heavy (non-hydrogen) atoms. The zero-order valence-electron chi connectivity index (χ0n) is 12.7. The highest BCUT2D eigenvalue weighted by atomic mass is 79.9. The standard InChI is InChI=1S/C16H24BrF2N/c1-5-12(6-2)20(9-11(3)4)10-13-15(18)8-7-14(17)16(13)19/h7-8,11-12H,5-6,9-10H2,1-4H3. The minimum Gasteiger partial charge on any atom is -0.296 e. The van der Waals surface area contributed by atoms with Crippen molar-refractivity contribution in [3.63, 3.8) is 0 Å². The molecule has 1 aromatic carbocycles. The van der Waals surface area contributed by atoms with Gasteiger partial charge in [0.25, 0.3) is 0 Å². The highest BCUT2D eigenvalue weighted by molar-refractivity contribution is 9.10. The molecule has 0 saturated carbocycles. The van der Waals surface area contributed by atoms with Gasteiger partial charge in [-0.2, -0.15) is 0 Å².